The fourth-order valence-corrected chi connectivity index (χ4v) is 3.23. The summed E-state index contributed by atoms with van der Waals surface area (Å²) in [7, 11) is 1.32. The zero-order valence-electron chi connectivity index (χ0n) is 16.7. The van der Waals surface area contributed by atoms with Crippen LogP contribution in [-0.2, 0) is 14.3 Å². The van der Waals surface area contributed by atoms with Crippen LogP contribution in [0.25, 0.3) is 5.57 Å². The molecule has 7 nitrogen and oxygen atoms in total. The fourth-order valence-electron chi connectivity index (χ4n) is 3.23. The second-order valence-electron chi connectivity index (χ2n) is 7.87. The van der Waals surface area contributed by atoms with E-state index in [9.17, 15) is 9.59 Å². The van der Waals surface area contributed by atoms with Crippen molar-refractivity contribution >= 4 is 17.6 Å². The Labute approximate surface area is 164 Å². The molecule has 7 heteroatoms. The van der Waals surface area contributed by atoms with Crippen LogP contribution in [0.1, 0.15) is 51.0 Å². The Bertz CT molecular complexity index is 841. The maximum Gasteiger partial charge on any atom is 0.410 e. The van der Waals surface area contributed by atoms with E-state index >= 15 is 0 Å². The lowest BCUT2D eigenvalue weighted by molar-refractivity contribution is -0.136. The first-order valence-electron chi connectivity index (χ1n) is 9.37. The van der Waals surface area contributed by atoms with Gasteiger partial charge >= 0.3 is 12.1 Å². The highest BCUT2D eigenvalue weighted by atomic mass is 16.6. The first kappa shape index (κ1) is 19.9. The van der Waals surface area contributed by atoms with E-state index in [2.05, 4.69) is 17.3 Å². The van der Waals surface area contributed by atoms with E-state index in [0.717, 1.165) is 17.7 Å². The van der Waals surface area contributed by atoms with Gasteiger partial charge in [-0.05, 0) is 33.6 Å². The van der Waals surface area contributed by atoms with Crippen LogP contribution in [0.4, 0.5) is 4.79 Å². The first-order valence-corrected chi connectivity index (χ1v) is 9.37. The molecule has 3 rings (SSSR count). The molecule has 0 saturated heterocycles. The average Bonchev–Trinajstić information content (AvgIpc) is 3.16. The summed E-state index contributed by atoms with van der Waals surface area (Å²) >= 11 is 0. The van der Waals surface area contributed by atoms with Gasteiger partial charge in [0, 0.05) is 24.1 Å². The third kappa shape index (κ3) is 4.52. The van der Waals surface area contributed by atoms with Gasteiger partial charge in [0.25, 0.3) is 0 Å². The van der Waals surface area contributed by atoms with E-state index in [1.165, 1.54) is 12.0 Å². The van der Waals surface area contributed by atoms with Crippen molar-refractivity contribution in [3.05, 3.63) is 47.4 Å². The van der Waals surface area contributed by atoms with Crippen molar-refractivity contribution < 1.29 is 23.6 Å². The molecule has 1 aliphatic heterocycles. The number of allylic oxidation sites excluding steroid dienone is 4. The summed E-state index contributed by atoms with van der Waals surface area (Å²) in [5.74, 6) is 0.218. The van der Waals surface area contributed by atoms with Crippen molar-refractivity contribution in [1.29, 1.82) is 0 Å². The predicted molar refractivity (Wildman–Crippen MR) is 104 cm³/mol. The zero-order valence-corrected chi connectivity index (χ0v) is 16.7. The smallest absolute Gasteiger partial charge is 0.410 e. The molecule has 1 aliphatic carbocycles. The summed E-state index contributed by atoms with van der Waals surface area (Å²) in [6.45, 7) is 5.96. The number of methoxy groups -OCH3 is 1. The lowest BCUT2D eigenvalue weighted by Crippen LogP contribution is -2.41. The molecular weight excluding hydrogens is 360 g/mol. The zero-order chi connectivity index (χ0) is 20.3. The third-order valence-electron chi connectivity index (χ3n) is 4.61. The molecule has 1 aromatic rings. The van der Waals surface area contributed by atoms with Gasteiger partial charge in [-0.25, -0.2) is 9.59 Å². The second-order valence-corrected chi connectivity index (χ2v) is 7.87. The van der Waals surface area contributed by atoms with Gasteiger partial charge in [-0.15, -0.1) is 0 Å². The minimum atomic E-state index is -0.603. The van der Waals surface area contributed by atoms with Gasteiger partial charge < -0.3 is 18.9 Å². The Balaban J connectivity index is 1.85. The van der Waals surface area contributed by atoms with Crippen LogP contribution in [0.3, 0.4) is 0 Å². The van der Waals surface area contributed by atoms with Gasteiger partial charge in [0.1, 0.15) is 5.60 Å². The highest BCUT2D eigenvalue weighted by molar-refractivity contribution is 5.98. The maximum absolute atomic E-state index is 12.4. The van der Waals surface area contributed by atoms with E-state index in [1.807, 2.05) is 39.0 Å². The molecule has 1 aromatic heterocycles. The number of carbonyl (C=O) groups is 2. The SMILES string of the molecule is COC(=O)C1=C(c2cc(C3C=CC=CC3)no2)CCN(C(=O)OC(C)(C)C)C1. The van der Waals surface area contributed by atoms with Crippen molar-refractivity contribution in [3.8, 4) is 0 Å². The number of esters is 1. The van der Waals surface area contributed by atoms with Crippen LogP contribution in [-0.4, -0.2) is 47.9 Å². The molecule has 2 heterocycles. The number of amides is 1. The molecule has 0 bridgehead atoms. The Morgan fingerprint density at radius 2 is 2.07 bits per heavy atom. The molecular formula is C21H26N2O5. The summed E-state index contributed by atoms with van der Waals surface area (Å²) in [5, 5.41) is 4.19. The highest BCUT2D eigenvalue weighted by Crippen LogP contribution is 2.32. The molecule has 28 heavy (non-hydrogen) atoms. The van der Waals surface area contributed by atoms with E-state index in [4.69, 9.17) is 14.0 Å². The number of ether oxygens (including phenoxy) is 2. The molecule has 150 valence electrons. The Kier molecular flexibility index (Phi) is 5.72. The lowest BCUT2D eigenvalue weighted by Gasteiger charge is -2.31. The third-order valence-corrected chi connectivity index (χ3v) is 4.61. The van der Waals surface area contributed by atoms with Gasteiger partial charge in [-0.2, -0.15) is 0 Å². The molecule has 0 spiro atoms. The second kappa shape index (κ2) is 8.04. The number of hydrogen-bond donors (Lipinski definition) is 0. The molecule has 0 fully saturated rings. The largest absolute Gasteiger partial charge is 0.466 e. The van der Waals surface area contributed by atoms with Gasteiger partial charge in [-0.1, -0.05) is 29.5 Å². The molecule has 1 atom stereocenters. The molecule has 0 N–H and O–H groups in total. The standard InChI is InChI=1S/C21H26N2O5/c1-21(2,3)27-20(25)23-11-10-15(16(13-23)19(24)26-4)18-12-17(22-28-18)14-8-6-5-7-9-14/h5-8,12,14H,9-11,13H2,1-4H3. The summed E-state index contributed by atoms with van der Waals surface area (Å²) in [6, 6.07) is 1.87. The van der Waals surface area contributed by atoms with Crippen molar-refractivity contribution in [3.63, 3.8) is 0 Å². The predicted octanol–water partition coefficient (Wildman–Crippen LogP) is 3.84. The Hall–Kier alpha value is -2.83. The molecule has 0 aromatic carbocycles. The van der Waals surface area contributed by atoms with Crippen molar-refractivity contribution in [2.45, 2.75) is 45.1 Å². The Morgan fingerprint density at radius 1 is 1.29 bits per heavy atom. The van der Waals surface area contributed by atoms with E-state index < -0.39 is 17.7 Å². The molecule has 2 aliphatic rings. The van der Waals surface area contributed by atoms with Crippen LogP contribution in [0, 0.1) is 0 Å². The van der Waals surface area contributed by atoms with Crippen molar-refractivity contribution in [2.24, 2.45) is 0 Å². The van der Waals surface area contributed by atoms with E-state index in [-0.39, 0.29) is 12.5 Å². The number of rotatable bonds is 3. The lowest BCUT2D eigenvalue weighted by atomic mass is 9.94. The Morgan fingerprint density at radius 3 is 2.71 bits per heavy atom. The fraction of sp³-hybridized carbons (Fsp3) is 0.476. The topological polar surface area (TPSA) is 81.9 Å². The van der Waals surface area contributed by atoms with Gasteiger partial charge in [0.05, 0.1) is 24.9 Å². The highest BCUT2D eigenvalue weighted by Gasteiger charge is 2.32. The molecule has 1 unspecified atom stereocenters. The van der Waals surface area contributed by atoms with Crippen LogP contribution in [0.5, 0.6) is 0 Å². The van der Waals surface area contributed by atoms with Crippen LogP contribution in [0.15, 0.2) is 40.5 Å². The molecule has 0 saturated carbocycles. The summed E-state index contributed by atoms with van der Waals surface area (Å²) in [4.78, 5) is 26.3. The minimum absolute atomic E-state index is 0.110. The van der Waals surface area contributed by atoms with Crippen molar-refractivity contribution in [2.75, 3.05) is 20.2 Å². The quantitative estimate of drug-likeness (QED) is 0.734. The first-order chi connectivity index (χ1) is 13.3. The van der Waals surface area contributed by atoms with Gasteiger partial charge in [0.15, 0.2) is 5.76 Å². The maximum atomic E-state index is 12.4. The average molecular weight is 386 g/mol. The van der Waals surface area contributed by atoms with Crippen LogP contribution >= 0.6 is 0 Å². The van der Waals surface area contributed by atoms with Crippen LogP contribution in [0.2, 0.25) is 0 Å². The van der Waals surface area contributed by atoms with Crippen molar-refractivity contribution in [1.82, 2.24) is 10.1 Å². The minimum Gasteiger partial charge on any atom is -0.466 e. The van der Waals surface area contributed by atoms with Crippen LogP contribution < -0.4 is 0 Å². The summed E-state index contributed by atoms with van der Waals surface area (Å²) in [6.07, 6.45) is 9.00. The molecule has 1 amide bonds. The molecule has 0 radical (unpaired) electrons. The summed E-state index contributed by atoms with van der Waals surface area (Å²) < 4.78 is 15.9. The summed E-state index contributed by atoms with van der Waals surface area (Å²) in [5.41, 5.74) is 1.33. The monoisotopic (exact) mass is 386 g/mol. The van der Waals surface area contributed by atoms with Gasteiger partial charge in [-0.3, -0.25) is 0 Å². The number of carbonyl (C=O) groups excluding carboxylic acids is 2. The number of nitrogens with zero attached hydrogens (tertiary/aromatic N) is 2. The van der Waals surface area contributed by atoms with E-state index in [1.54, 1.807) is 0 Å². The van der Waals surface area contributed by atoms with E-state index in [0.29, 0.717) is 24.3 Å². The number of hydrogen-bond acceptors (Lipinski definition) is 6. The normalized spacial score (nSPS) is 19.7. The number of aromatic nitrogens is 1. The van der Waals surface area contributed by atoms with Gasteiger partial charge in [0.2, 0.25) is 0 Å².